The minimum Gasteiger partial charge on any atom is -0.494 e. The molecule has 3 aliphatic rings. The molecular formula is C22H23N3O. The van der Waals surface area contributed by atoms with Crippen molar-refractivity contribution in [3.05, 3.63) is 65.0 Å². The zero-order valence-corrected chi connectivity index (χ0v) is 15.0. The van der Waals surface area contributed by atoms with Crippen molar-refractivity contribution in [2.45, 2.75) is 31.9 Å². The second kappa shape index (κ2) is 7.31. The molecule has 1 aromatic carbocycles. The van der Waals surface area contributed by atoms with Crippen molar-refractivity contribution in [1.29, 1.82) is 5.26 Å². The van der Waals surface area contributed by atoms with Crippen molar-refractivity contribution < 1.29 is 4.74 Å². The molecule has 2 heterocycles. The fourth-order valence-electron chi connectivity index (χ4n) is 3.89. The summed E-state index contributed by atoms with van der Waals surface area (Å²) in [5, 5.41) is 12.6. The molecule has 2 unspecified atom stereocenters. The lowest BCUT2D eigenvalue weighted by molar-refractivity contribution is 0.0704. The Labute approximate surface area is 154 Å². The molecule has 1 fully saturated rings. The van der Waals surface area contributed by atoms with Gasteiger partial charge in [0.1, 0.15) is 11.9 Å². The van der Waals surface area contributed by atoms with Gasteiger partial charge in [-0.25, -0.2) is 0 Å². The fourth-order valence-corrected chi connectivity index (χ4v) is 3.89. The van der Waals surface area contributed by atoms with Gasteiger partial charge in [0.25, 0.3) is 0 Å². The van der Waals surface area contributed by atoms with Crippen LogP contribution in [0.5, 0.6) is 0 Å². The summed E-state index contributed by atoms with van der Waals surface area (Å²) in [6, 6.07) is 10.1. The van der Waals surface area contributed by atoms with Crippen molar-refractivity contribution in [2.75, 3.05) is 13.1 Å². The van der Waals surface area contributed by atoms with Crippen LogP contribution in [0.1, 0.15) is 30.9 Å². The monoisotopic (exact) mass is 345 g/mol. The van der Waals surface area contributed by atoms with Crippen LogP contribution in [-0.2, 0) is 4.74 Å². The number of rotatable bonds is 3. The number of ether oxygens (including phenoxy) is 1. The van der Waals surface area contributed by atoms with Crippen LogP contribution >= 0.6 is 0 Å². The number of nitrogens with one attached hydrogen (secondary N) is 1. The van der Waals surface area contributed by atoms with Gasteiger partial charge >= 0.3 is 0 Å². The van der Waals surface area contributed by atoms with Crippen LogP contribution in [0.3, 0.4) is 0 Å². The van der Waals surface area contributed by atoms with Crippen molar-refractivity contribution >= 4 is 11.8 Å². The highest BCUT2D eigenvalue weighted by Gasteiger charge is 2.32. The van der Waals surface area contributed by atoms with Gasteiger partial charge in [0, 0.05) is 6.21 Å². The molecule has 4 nitrogen and oxygen atoms in total. The van der Waals surface area contributed by atoms with E-state index in [4.69, 9.17) is 4.74 Å². The number of hydrogen-bond acceptors (Lipinski definition) is 4. The van der Waals surface area contributed by atoms with Crippen LogP contribution in [0.4, 0.5) is 0 Å². The van der Waals surface area contributed by atoms with Crippen LogP contribution in [-0.4, -0.2) is 31.4 Å². The van der Waals surface area contributed by atoms with E-state index in [1.807, 2.05) is 30.5 Å². The van der Waals surface area contributed by atoms with Gasteiger partial charge < -0.3 is 10.1 Å². The zero-order valence-electron chi connectivity index (χ0n) is 15.0. The Balaban J connectivity index is 1.70. The van der Waals surface area contributed by atoms with E-state index in [1.54, 1.807) is 0 Å². The summed E-state index contributed by atoms with van der Waals surface area (Å²) in [7, 11) is 0. The van der Waals surface area contributed by atoms with Crippen LogP contribution in [0.15, 0.2) is 58.8 Å². The number of fused-ring (bicyclic) bond motifs is 1. The van der Waals surface area contributed by atoms with Gasteiger partial charge in [0.15, 0.2) is 0 Å². The highest BCUT2D eigenvalue weighted by Crippen LogP contribution is 2.39. The molecule has 1 aromatic rings. The van der Waals surface area contributed by atoms with E-state index >= 15 is 0 Å². The molecule has 0 spiro atoms. The normalized spacial score (nSPS) is 25.5. The quantitative estimate of drug-likeness (QED) is 0.910. The highest BCUT2D eigenvalue weighted by atomic mass is 16.5. The number of dihydropyridines is 1. The van der Waals surface area contributed by atoms with Crippen LogP contribution in [0, 0.1) is 17.2 Å². The van der Waals surface area contributed by atoms with Gasteiger partial charge in [0.05, 0.1) is 23.6 Å². The van der Waals surface area contributed by atoms with E-state index < -0.39 is 0 Å². The molecule has 1 N–H and O–H groups in total. The van der Waals surface area contributed by atoms with E-state index in [1.165, 1.54) is 5.57 Å². The molecule has 1 saturated heterocycles. The Hall–Kier alpha value is -2.64. The van der Waals surface area contributed by atoms with Crippen LogP contribution < -0.4 is 5.32 Å². The molecular weight excluding hydrogens is 322 g/mol. The number of nitriles is 1. The Morgan fingerprint density at radius 3 is 2.88 bits per heavy atom. The van der Waals surface area contributed by atoms with Crippen molar-refractivity contribution in [1.82, 2.24) is 5.32 Å². The van der Waals surface area contributed by atoms with Gasteiger partial charge in [-0.2, -0.15) is 5.26 Å². The predicted molar refractivity (Wildman–Crippen MR) is 104 cm³/mol. The lowest BCUT2D eigenvalue weighted by Gasteiger charge is -2.34. The van der Waals surface area contributed by atoms with Gasteiger partial charge in [-0.3, -0.25) is 4.99 Å². The average molecular weight is 345 g/mol. The van der Waals surface area contributed by atoms with Gasteiger partial charge in [-0.05, 0) is 73.8 Å². The first kappa shape index (κ1) is 16.8. The number of benzene rings is 1. The molecule has 132 valence electrons. The standard InChI is InChI=1S/C22H23N3O/c1-15-22-18(5-10-25-15)12-19(17-4-2-3-16(11-17)14-23)13-21(22)26-20-6-8-24-9-7-20/h2-5,10-13,15,20,22,24H,6-9H2,1H3. The maximum atomic E-state index is 9.21. The molecule has 0 amide bonds. The molecule has 26 heavy (non-hydrogen) atoms. The lowest BCUT2D eigenvalue weighted by atomic mass is 9.81. The third-order valence-electron chi connectivity index (χ3n) is 5.27. The molecule has 0 radical (unpaired) electrons. The van der Waals surface area contributed by atoms with Crippen molar-refractivity contribution in [3.8, 4) is 6.07 Å². The Bertz CT molecular complexity index is 850. The summed E-state index contributed by atoms with van der Waals surface area (Å²) in [6.45, 7) is 4.15. The molecule has 4 heteroatoms. The summed E-state index contributed by atoms with van der Waals surface area (Å²) in [5.41, 5.74) is 4.05. The first-order valence-corrected chi connectivity index (χ1v) is 9.29. The third kappa shape index (κ3) is 3.36. The predicted octanol–water partition coefficient (Wildman–Crippen LogP) is 3.62. The summed E-state index contributed by atoms with van der Waals surface area (Å²) in [4.78, 5) is 4.58. The third-order valence-corrected chi connectivity index (χ3v) is 5.27. The maximum absolute atomic E-state index is 9.21. The van der Waals surface area contributed by atoms with Crippen LogP contribution in [0.2, 0.25) is 0 Å². The second-order valence-corrected chi connectivity index (χ2v) is 7.09. The minimum atomic E-state index is 0.172. The molecule has 0 aromatic heterocycles. The smallest absolute Gasteiger partial charge is 0.107 e. The second-order valence-electron chi connectivity index (χ2n) is 7.09. The molecule has 0 saturated carbocycles. The minimum absolute atomic E-state index is 0.172. The highest BCUT2D eigenvalue weighted by molar-refractivity contribution is 5.83. The number of hydrogen-bond donors (Lipinski definition) is 1. The topological polar surface area (TPSA) is 57.4 Å². The van der Waals surface area contributed by atoms with Crippen molar-refractivity contribution in [3.63, 3.8) is 0 Å². The van der Waals surface area contributed by atoms with Gasteiger partial charge in [-0.15, -0.1) is 0 Å². The van der Waals surface area contributed by atoms with Gasteiger partial charge in [-0.1, -0.05) is 18.2 Å². The number of allylic oxidation sites excluding steroid dienone is 4. The number of aliphatic imine (C=N–C) groups is 1. The first-order chi connectivity index (χ1) is 12.7. The molecule has 1 aliphatic carbocycles. The van der Waals surface area contributed by atoms with E-state index in [0.29, 0.717) is 5.56 Å². The summed E-state index contributed by atoms with van der Waals surface area (Å²) in [6.07, 6.45) is 10.6. The molecule has 2 aliphatic heterocycles. The first-order valence-electron chi connectivity index (χ1n) is 9.29. The summed E-state index contributed by atoms with van der Waals surface area (Å²) < 4.78 is 6.48. The molecule has 4 rings (SSSR count). The maximum Gasteiger partial charge on any atom is 0.107 e. The number of piperidine rings is 1. The summed E-state index contributed by atoms with van der Waals surface area (Å²) in [5.74, 6) is 1.19. The number of nitrogens with zero attached hydrogens (tertiary/aromatic N) is 2. The zero-order chi connectivity index (χ0) is 17.9. The van der Waals surface area contributed by atoms with Crippen LogP contribution in [0.25, 0.3) is 5.57 Å². The average Bonchev–Trinajstić information content (AvgIpc) is 2.68. The van der Waals surface area contributed by atoms with E-state index in [9.17, 15) is 5.26 Å². The molecule has 0 bridgehead atoms. The van der Waals surface area contributed by atoms with E-state index in [2.05, 4.69) is 41.5 Å². The molecule has 2 atom stereocenters. The van der Waals surface area contributed by atoms with Gasteiger partial charge in [0.2, 0.25) is 0 Å². The van der Waals surface area contributed by atoms with Crippen molar-refractivity contribution in [2.24, 2.45) is 10.9 Å². The van der Waals surface area contributed by atoms with E-state index in [-0.39, 0.29) is 18.1 Å². The Morgan fingerprint density at radius 2 is 2.08 bits per heavy atom. The SMILES string of the molecule is CC1N=CC=C2C=C(c3cccc(C#N)c3)C=C(OC3CCNCC3)C21. The fraction of sp³-hybridized carbons (Fsp3) is 0.364. The summed E-state index contributed by atoms with van der Waals surface area (Å²) >= 11 is 0. The Morgan fingerprint density at radius 1 is 1.23 bits per heavy atom. The lowest BCUT2D eigenvalue weighted by Crippen LogP contribution is -2.34. The Kier molecular flexibility index (Phi) is 4.73. The largest absolute Gasteiger partial charge is 0.494 e. The van der Waals surface area contributed by atoms with E-state index in [0.717, 1.165) is 42.8 Å².